The topological polar surface area (TPSA) is 52.6 Å². The largest absolute Gasteiger partial charge is 0.466 e. The lowest BCUT2D eigenvalue weighted by atomic mass is 10.3. The van der Waals surface area contributed by atoms with Crippen LogP contribution >= 0.6 is 0 Å². The Balaban J connectivity index is 0. The number of hydrogen-bond donors (Lipinski definition) is 0. The number of carbonyl (C=O) groups excluding carboxylic acids is 2. The first kappa shape index (κ1) is 20.7. The van der Waals surface area contributed by atoms with Crippen LogP contribution in [0.3, 0.4) is 0 Å². The summed E-state index contributed by atoms with van der Waals surface area (Å²) < 4.78 is 9.40. The van der Waals surface area contributed by atoms with Crippen molar-refractivity contribution in [2.24, 2.45) is 0 Å². The highest BCUT2D eigenvalue weighted by Crippen LogP contribution is 1.88. The Bertz CT molecular complexity index is 263. The summed E-state index contributed by atoms with van der Waals surface area (Å²) in [6, 6.07) is 0. The summed E-state index contributed by atoms with van der Waals surface area (Å²) in [5.41, 5.74) is 0. The molecule has 116 valence electrons. The van der Waals surface area contributed by atoms with Gasteiger partial charge in [0.25, 0.3) is 0 Å². The average molecular weight is 284 g/mol. The monoisotopic (exact) mass is 284 g/mol. The molecule has 0 bridgehead atoms. The quantitative estimate of drug-likeness (QED) is 0.386. The summed E-state index contributed by atoms with van der Waals surface area (Å²) in [6.45, 7) is 8.00. The summed E-state index contributed by atoms with van der Waals surface area (Å²) in [6.07, 6.45) is 11.9. The third-order valence-corrected chi connectivity index (χ3v) is 1.98. The van der Waals surface area contributed by atoms with Gasteiger partial charge < -0.3 is 9.47 Å². The van der Waals surface area contributed by atoms with Crippen LogP contribution in [0.1, 0.15) is 53.4 Å². The molecule has 4 nitrogen and oxygen atoms in total. The Morgan fingerprint density at radius 2 is 1.10 bits per heavy atom. The van der Waals surface area contributed by atoms with Crippen molar-refractivity contribution in [2.45, 2.75) is 53.4 Å². The first-order valence-electron chi connectivity index (χ1n) is 7.11. The molecule has 0 aromatic carbocycles. The molecule has 0 spiro atoms. The molecule has 0 rings (SSSR count). The molecular formula is C16H28O4. The second-order valence-electron chi connectivity index (χ2n) is 4.02. The van der Waals surface area contributed by atoms with Crippen molar-refractivity contribution in [3.05, 3.63) is 24.3 Å². The lowest BCUT2D eigenvalue weighted by Crippen LogP contribution is -1.98. The molecule has 4 heteroatoms. The molecule has 0 saturated heterocycles. The second-order valence-corrected chi connectivity index (χ2v) is 4.02. The number of allylic oxidation sites excluding steroid dienone is 2. The number of ether oxygens (including phenoxy) is 2. The summed E-state index contributed by atoms with van der Waals surface area (Å²) >= 11 is 0. The third-order valence-electron chi connectivity index (χ3n) is 1.98. The lowest BCUT2D eigenvalue weighted by Gasteiger charge is -1.95. The highest BCUT2D eigenvalue weighted by Gasteiger charge is 1.88. The van der Waals surface area contributed by atoms with Crippen LogP contribution in [0.4, 0.5) is 0 Å². The van der Waals surface area contributed by atoms with E-state index < -0.39 is 0 Å². The van der Waals surface area contributed by atoms with Crippen LogP contribution in [0, 0.1) is 0 Å². The van der Waals surface area contributed by atoms with E-state index in [1.807, 2.05) is 12.2 Å². The zero-order chi connectivity index (χ0) is 15.6. The SMILES string of the molecule is CC/C=C/CCOC(C)=O.CC/C=C\CCOC(C)=O. The molecule has 0 saturated carbocycles. The van der Waals surface area contributed by atoms with Gasteiger partial charge in [-0.2, -0.15) is 0 Å². The zero-order valence-corrected chi connectivity index (χ0v) is 13.2. The first-order valence-corrected chi connectivity index (χ1v) is 7.11. The number of hydrogen-bond acceptors (Lipinski definition) is 4. The molecule has 0 aliphatic rings. The Morgan fingerprint density at radius 1 is 0.750 bits per heavy atom. The van der Waals surface area contributed by atoms with E-state index in [9.17, 15) is 9.59 Å². The van der Waals surface area contributed by atoms with Gasteiger partial charge >= 0.3 is 11.9 Å². The number of esters is 2. The van der Waals surface area contributed by atoms with Gasteiger partial charge in [0.1, 0.15) is 0 Å². The molecule has 0 unspecified atom stereocenters. The summed E-state index contributed by atoms with van der Waals surface area (Å²) in [5.74, 6) is -0.408. The molecule has 0 aliphatic carbocycles. The van der Waals surface area contributed by atoms with Crippen LogP contribution in [-0.2, 0) is 19.1 Å². The fourth-order valence-corrected chi connectivity index (χ4v) is 1.11. The lowest BCUT2D eigenvalue weighted by molar-refractivity contribution is -0.141. The van der Waals surface area contributed by atoms with Crippen LogP contribution in [0.2, 0.25) is 0 Å². The van der Waals surface area contributed by atoms with Gasteiger partial charge in [0.2, 0.25) is 0 Å². The van der Waals surface area contributed by atoms with Crippen LogP contribution < -0.4 is 0 Å². The van der Waals surface area contributed by atoms with Gasteiger partial charge in [-0.1, -0.05) is 38.2 Å². The van der Waals surface area contributed by atoms with Gasteiger partial charge in [-0.05, 0) is 25.7 Å². The second kappa shape index (κ2) is 17.4. The van der Waals surface area contributed by atoms with E-state index in [1.54, 1.807) is 0 Å². The first-order chi connectivity index (χ1) is 9.54. The van der Waals surface area contributed by atoms with Crippen molar-refractivity contribution in [1.82, 2.24) is 0 Å². The predicted molar refractivity (Wildman–Crippen MR) is 81.4 cm³/mol. The van der Waals surface area contributed by atoms with E-state index in [1.165, 1.54) is 13.8 Å². The molecule has 0 atom stereocenters. The normalized spacial score (nSPS) is 10.2. The fourth-order valence-electron chi connectivity index (χ4n) is 1.11. The third kappa shape index (κ3) is 25.3. The molecule has 0 radical (unpaired) electrons. The minimum absolute atomic E-state index is 0.204. The fraction of sp³-hybridized carbons (Fsp3) is 0.625. The maximum absolute atomic E-state index is 10.2. The smallest absolute Gasteiger partial charge is 0.302 e. The van der Waals surface area contributed by atoms with Crippen molar-refractivity contribution in [3.8, 4) is 0 Å². The number of rotatable bonds is 8. The minimum Gasteiger partial charge on any atom is -0.466 e. The maximum atomic E-state index is 10.2. The molecule has 0 fully saturated rings. The van der Waals surface area contributed by atoms with Gasteiger partial charge in [0, 0.05) is 13.8 Å². The van der Waals surface area contributed by atoms with Crippen LogP contribution in [0.5, 0.6) is 0 Å². The van der Waals surface area contributed by atoms with Crippen molar-refractivity contribution in [2.75, 3.05) is 13.2 Å². The standard InChI is InChI=1S/2C8H14O2/c2*1-3-4-5-6-7-10-8(2)9/h2*4-5H,3,6-7H2,1-2H3/b5-4+;5-4-. The van der Waals surface area contributed by atoms with Gasteiger partial charge in [0.05, 0.1) is 13.2 Å². The van der Waals surface area contributed by atoms with Crippen molar-refractivity contribution >= 4 is 11.9 Å². The molecule has 0 N–H and O–H groups in total. The Kier molecular flexibility index (Phi) is 18.1. The van der Waals surface area contributed by atoms with E-state index in [0.29, 0.717) is 13.2 Å². The van der Waals surface area contributed by atoms with Gasteiger partial charge in [-0.15, -0.1) is 0 Å². The molecule has 20 heavy (non-hydrogen) atoms. The minimum atomic E-state index is -0.204. The summed E-state index contributed by atoms with van der Waals surface area (Å²) in [5, 5.41) is 0. The van der Waals surface area contributed by atoms with E-state index in [-0.39, 0.29) is 11.9 Å². The predicted octanol–water partition coefficient (Wildman–Crippen LogP) is 3.81. The highest BCUT2D eigenvalue weighted by atomic mass is 16.5. The van der Waals surface area contributed by atoms with Crippen molar-refractivity contribution < 1.29 is 19.1 Å². The van der Waals surface area contributed by atoms with Crippen LogP contribution in [0.25, 0.3) is 0 Å². The highest BCUT2D eigenvalue weighted by molar-refractivity contribution is 5.66. The van der Waals surface area contributed by atoms with E-state index in [0.717, 1.165) is 25.7 Å². The average Bonchev–Trinajstić information content (AvgIpc) is 2.38. The molecule has 0 aromatic rings. The van der Waals surface area contributed by atoms with Crippen molar-refractivity contribution in [1.29, 1.82) is 0 Å². The van der Waals surface area contributed by atoms with Crippen LogP contribution in [-0.4, -0.2) is 25.2 Å². The Morgan fingerprint density at radius 3 is 1.35 bits per heavy atom. The molecule has 0 aliphatic heterocycles. The Labute approximate surface area is 122 Å². The van der Waals surface area contributed by atoms with E-state index >= 15 is 0 Å². The van der Waals surface area contributed by atoms with E-state index in [2.05, 4.69) is 26.0 Å². The molecule has 0 heterocycles. The summed E-state index contributed by atoms with van der Waals surface area (Å²) in [4.78, 5) is 20.5. The van der Waals surface area contributed by atoms with Gasteiger partial charge in [-0.3, -0.25) is 9.59 Å². The molecular weight excluding hydrogens is 256 g/mol. The van der Waals surface area contributed by atoms with Gasteiger partial charge in [-0.25, -0.2) is 0 Å². The summed E-state index contributed by atoms with van der Waals surface area (Å²) in [7, 11) is 0. The Hall–Kier alpha value is -1.58. The number of carbonyl (C=O) groups is 2. The molecule has 0 aromatic heterocycles. The van der Waals surface area contributed by atoms with E-state index in [4.69, 9.17) is 9.47 Å². The van der Waals surface area contributed by atoms with Crippen molar-refractivity contribution in [3.63, 3.8) is 0 Å². The maximum Gasteiger partial charge on any atom is 0.302 e. The zero-order valence-electron chi connectivity index (χ0n) is 13.2. The van der Waals surface area contributed by atoms with Gasteiger partial charge in [0.15, 0.2) is 0 Å². The molecule has 0 amide bonds. The van der Waals surface area contributed by atoms with Crippen LogP contribution in [0.15, 0.2) is 24.3 Å².